The topological polar surface area (TPSA) is 59.1 Å². The average molecular weight is 194 g/mol. The van der Waals surface area contributed by atoms with Gasteiger partial charge in [-0.15, -0.1) is 0 Å². The predicted octanol–water partition coefficient (Wildman–Crippen LogP) is 1.11. The smallest absolute Gasteiger partial charge is 0.0809 e. The summed E-state index contributed by atoms with van der Waals surface area (Å²) in [6, 6.07) is 3.83. The van der Waals surface area contributed by atoms with Gasteiger partial charge < -0.3 is 10.8 Å². The van der Waals surface area contributed by atoms with E-state index in [4.69, 9.17) is 5.73 Å². The maximum absolute atomic E-state index is 10.1. The molecule has 0 bridgehead atoms. The van der Waals surface area contributed by atoms with Crippen LogP contribution in [0, 0.1) is 0 Å². The van der Waals surface area contributed by atoms with Crippen molar-refractivity contribution in [2.24, 2.45) is 5.73 Å². The fraction of sp³-hybridized carbons (Fsp3) is 0.545. The Morgan fingerprint density at radius 1 is 1.43 bits per heavy atom. The van der Waals surface area contributed by atoms with Crippen molar-refractivity contribution in [1.82, 2.24) is 4.98 Å². The van der Waals surface area contributed by atoms with E-state index in [1.165, 1.54) is 0 Å². The molecule has 1 aromatic heterocycles. The normalized spacial score (nSPS) is 15.1. The summed E-state index contributed by atoms with van der Waals surface area (Å²) in [6.07, 6.45) is 5.76. The molecule has 0 aromatic carbocycles. The van der Waals surface area contributed by atoms with Gasteiger partial charge in [-0.1, -0.05) is 13.3 Å². The minimum atomic E-state index is -0.754. The number of nitrogens with two attached hydrogens (primary N) is 1. The Kier molecular flexibility index (Phi) is 4.04. The Bertz CT molecular complexity index is 263. The number of pyridine rings is 1. The molecule has 14 heavy (non-hydrogen) atoms. The molecule has 0 saturated carbocycles. The van der Waals surface area contributed by atoms with Crippen molar-refractivity contribution in [2.75, 3.05) is 6.54 Å². The molecule has 3 N–H and O–H groups in total. The van der Waals surface area contributed by atoms with E-state index < -0.39 is 5.60 Å². The van der Waals surface area contributed by atoms with E-state index in [1.54, 1.807) is 12.4 Å². The first-order valence-electron chi connectivity index (χ1n) is 5.01. The minimum Gasteiger partial charge on any atom is -0.388 e. The van der Waals surface area contributed by atoms with Crippen LogP contribution in [-0.2, 0) is 6.42 Å². The molecular weight excluding hydrogens is 176 g/mol. The summed E-state index contributed by atoms with van der Waals surface area (Å²) in [5, 5.41) is 10.1. The van der Waals surface area contributed by atoms with Gasteiger partial charge in [0, 0.05) is 25.4 Å². The van der Waals surface area contributed by atoms with Crippen LogP contribution in [0.2, 0.25) is 0 Å². The highest BCUT2D eigenvalue weighted by atomic mass is 16.3. The third kappa shape index (κ3) is 3.09. The Morgan fingerprint density at radius 3 is 2.57 bits per heavy atom. The van der Waals surface area contributed by atoms with Crippen LogP contribution in [0.3, 0.4) is 0 Å². The Labute approximate surface area is 85.0 Å². The third-order valence-electron chi connectivity index (χ3n) is 2.38. The molecule has 1 atom stereocenters. The lowest BCUT2D eigenvalue weighted by molar-refractivity contribution is 0.0399. The van der Waals surface area contributed by atoms with Gasteiger partial charge >= 0.3 is 0 Å². The Hall–Kier alpha value is -0.930. The molecule has 0 aliphatic rings. The number of aliphatic hydroxyl groups is 1. The van der Waals surface area contributed by atoms with Crippen molar-refractivity contribution in [3.8, 4) is 0 Å². The summed E-state index contributed by atoms with van der Waals surface area (Å²) >= 11 is 0. The molecule has 3 nitrogen and oxygen atoms in total. The number of rotatable bonds is 5. The molecule has 1 heterocycles. The number of hydrogen-bond donors (Lipinski definition) is 2. The Balaban J connectivity index is 2.65. The second-order valence-electron chi connectivity index (χ2n) is 3.71. The van der Waals surface area contributed by atoms with Gasteiger partial charge in [0.05, 0.1) is 5.60 Å². The van der Waals surface area contributed by atoms with Gasteiger partial charge in [-0.05, 0) is 24.1 Å². The third-order valence-corrected chi connectivity index (χ3v) is 2.38. The standard InChI is InChI=1S/C11H18N2O/c1-2-5-11(14,9-12)8-10-3-6-13-7-4-10/h3-4,6-7,14H,2,5,8-9,12H2,1H3. The van der Waals surface area contributed by atoms with E-state index in [0.29, 0.717) is 13.0 Å². The zero-order valence-corrected chi connectivity index (χ0v) is 8.61. The molecule has 0 amide bonds. The van der Waals surface area contributed by atoms with E-state index >= 15 is 0 Å². The van der Waals surface area contributed by atoms with E-state index in [2.05, 4.69) is 4.98 Å². The van der Waals surface area contributed by atoms with Gasteiger partial charge in [-0.3, -0.25) is 4.98 Å². The highest BCUT2D eigenvalue weighted by molar-refractivity contribution is 5.13. The van der Waals surface area contributed by atoms with Crippen LogP contribution < -0.4 is 5.73 Å². The zero-order chi connectivity index (χ0) is 10.4. The maximum Gasteiger partial charge on any atom is 0.0809 e. The molecule has 1 unspecified atom stereocenters. The molecule has 3 heteroatoms. The van der Waals surface area contributed by atoms with Gasteiger partial charge in [0.1, 0.15) is 0 Å². The largest absolute Gasteiger partial charge is 0.388 e. The van der Waals surface area contributed by atoms with Gasteiger partial charge in [0.15, 0.2) is 0 Å². The molecule has 0 spiro atoms. The fourth-order valence-corrected chi connectivity index (χ4v) is 1.61. The highest BCUT2D eigenvalue weighted by Crippen LogP contribution is 2.17. The van der Waals surface area contributed by atoms with E-state index in [9.17, 15) is 5.11 Å². The molecule has 1 aromatic rings. The number of hydrogen-bond acceptors (Lipinski definition) is 3. The summed E-state index contributed by atoms with van der Waals surface area (Å²) in [7, 11) is 0. The van der Waals surface area contributed by atoms with Crippen LogP contribution in [0.25, 0.3) is 0 Å². The fourth-order valence-electron chi connectivity index (χ4n) is 1.61. The van der Waals surface area contributed by atoms with Crippen molar-refractivity contribution in [3.05, 3.63) is 30.1 Å². The van der Waals surface area contributed by atoms with Crippen LogP contribution in [-0.4, -0.2) is 22.2 Å². The van der Waals surface area contributed by atoms with E-state index in [0.717, 1.165) is 18.4 Å². The maximum atomic E-state index is 10.1. The molecular formula is C11H18N2O. The van der Waals surface area contributed by atoms with Crippen LogP contribution in [0.15, 0.2) is 24.5 Å². The second kappa shape index (κ2) is 5.08. The SMILES string of the molecule is CCCC(O)(CN)Cc1ccncc1. The van der Waals surface area contributed by atoms with Gasteiger partial charge in [-0.2, -0.15) is 0 Å². The Morgan fingerprint density at radius 2 is 2.07 bits per heavy atom. The molecule has 0 saturated heterocycles. The molecule has 0 aliphatic carbocycles. The average Bonchev–Trinajstić information content (AvgIpc) is 2.20. The number of nitrogens with zero attached hydrogens (tertiary/aromatic N) is 1. The molecule has 0 fully saturated rings. The van der Waals surface area contributed by atoms with Crippen molar-refractivity contribution in [2.45, 2.75) is 31.8 Å². The minimum absolute atomic E-state index is 0.309. The lowest BCUT2D eigenvalue weighted by atomic mass is 9.91. The summed E-state index contributed by atoms with van der Waals surface area (Å²) in [5.41, 5.74) is 5.91. The van der Waals surface area contributed by atoms with Crippen LogP contribution in [0.5, 0.6) is 0 Å². The lowest BCUT2D eigenvalue weighted by Crippen LogP contribution is -2.39. The molecule has 78 valence electrons. The van der Waals surface area contributed by atoms with Crippen molar-refractivity contribution in [3.63, 3.8) is 0 Å². The molecule has 1 rings (SSSR count). The quantitative estimate of drug-likeness (QED) is 0.738. The summed E-state index contributed by atoms with van der Waals surface area (Å²) in [4.78, 5) is 3.93. The monoisotopic (exact) mass is 194 g/mol. The lowest BCUT2D eigenvalue weighted by Gasteiger charge is -2.26. The zero-order valence-electron chi connectivity index (χ0n) is 8.61. The van der Waals surface area contributed by atoms with Gasteiger partial charge in [0.2, 0.25) is 0 Å². The van der Waals surface area contributed by atoms with Crippen molar-refractivity contribution in [1.29, 1.82) is 0 Å². The second-order valence-corrected chi connectivity index (χ2v) is 3.71. The van der Waals surface area contributed by atoms with Crippen molar-refractivity contribution < 1.29 is 5.11 Å². The first-order valence-corrected chi connectivity index (χ1v) is 5.01. The summed E-state index contributed by atoms with van der Waals surface area (Å²) < 4.78 is 0. The number of aromatic nitrogens is 1. The van der Waals surface area contributed by atoms with E-state index in [-0.39, 0.29) is 0 Å². The van der Waals surface area contributed by atoms with Gasteiger partial charge in [0.25, 0.3) is 0 Å². The first-order chi connectivity index (χ1) is 6.70. The summed E-state index contributed by atoms with van der Waals surface area (Å²) in [5.74, 6) is 0. The first kappa shape index (κ1) is 11.1. The van der Waals surface area contributed by atoms with Crippen LogP contribution in [0.4, 0.5) is 0 Å². The van der Waals surface area contributed by atoms with Crippen LogP contribution in [0.1, 0.15) is 25.3 Å². The van der Waals surface area contributed by atoms with Crippen LogP contribution >= 0.6 is 0 Å². The van der Waals surface area contributed by atoms with E-state index in [1.807, 2.05) is 19.1 Å². The predicted molar refractivity (Wildman–Crippen MR) is 56.9 cm³/mol. The highest BCUT2D eigenvalue weighted by Gasteiger charge is 2.23. The van der Waals surface area contributed by atoms with Gasteiger partial charge in [-0.25, -0.2) is 0 Å². The molecule has 0 radical (unpaired) electrons. The van der Waals surface area contributed by atoms with Crippen molar-refractivity contribution >= 4 is 0 Å². The summed E-state index contributed by atoms with van der Waals surface area (Å²) in [6.45, 7) is 2.36. The molecule has 0 aliphatic heterocycles.